The van der Waals surface area contributed by atoms with Crippen LogP contribution >= 0.6 is 0 Å². The third-order valence-electron chi connectivity index (χ3n) is 9.25. The number of hydrogen-bond donors (Lipinski definition) is 2. The first kappa shape index (κ1) is 26.8. The average Bonchev–Trinajstić information content (AvgIpc) is 3.78. The molecule has 2 saturated carbocycles. The van der Waals surface area contributed by atoms with Crippen molar-refractivity contribution in [2.75, 3.05) is 56.0 Å². The van der Waals surface area contributed by atoms with Crippen LogP contribution < -0.4 is 25.2 Å². The number of ether oxygens (including phenoxy) is 1. The topological polar surface area (TPSA) is 103 Å². The highest BCUT2D eigenvalue weighted by molar-refractivity contribution is 6.03. The van der Waals surface area contributed by atoms with Gasteiger partial charge in [0.2, 0.25) is 11.9 Å². The summed E-state index contributed by atoms with van der Waals surface area (Å²) in [5.41, 5.74) is 1.70. The van der Waals surface area contributed by atoms with Gasteiger partial charge in [-0.1, -0.05) is 19.3 Å². The van der Waals surface area contributed by atoms with Gasteiger partial charge < -0.3 is 30.1 Å². The molecule has 214 valence electrons. The van der Waals surface area contributed by atoms with Crippen molar-refractivity contribution in [3.63, 3.8) is 0 Å². The third kappa shape index (κ3) is 5.21. The lowest BCUT2D eigenvalue weighted by atomic mass is 9.93. The summed E-state index contributed by atoms with van der Waals surface area (Å²) in [6, 6.07) is 5.96. The maximum Gasteiger partial charge on any atom is 0.251 e. The highest BCUT2D eigenvalue weighted by Crippen LogP contribution is 2.52. The van der Waals surface area contributed by atoms with Crippen LogP contribution in [-0.4, -0.2) is 79.6 Å². The lowest BCUT2D eigenvalue weighted by Crippen LogP contribution is -2.43. The van der Waals surface area contributed by atoms with E-state index in [9.17, 15) is 9.59 Å². The van der Waals surface area contributed by atoms with Crippen molar-refractivity contribution in [3.8, 4) is 5.75 Å². The Bertz CT molecular complexity index is 1270. The molecule has 1 saturated heterocycles. The Morgan fingerprint density at radius 2 is 1.82 bits per heavy atom. The molecule has 3 fully saturated rings. The number of fused-ring (bicyclic) bond motifs is 1. The van der Waals surface area contributed by atoms with E-state index in [0.717, 1.165) is 63.1 Å². The Hall–Kier alpha value is -3.40. The van der Waals surface area contributed by atoms with E-state index in [1.165, 1.54) is 19.3 Å². The first-order chi connectivity index (χ1) is 19.4. The standard InChI is InChI=1S/C30H41N7O3/c1-35-15-11-21(12-16-35)32-27(38)20-9-10-23(25(17-20)40-3)33-29-31-18-24-26(34-29)37(22-7-5-4-6-8-22)19-30(13-14-30)28(39)36(24)2/h9-10,17-18,21-22H,4-8,11-16,19H2,1-3H3,(H,32,38)(H,31,33,34). The number of carbonyl (C=O) groups excluding carboxylic acids is 2. The van der Waals surface area contributed by atoms with Crippen LogP contribution in [0.15, 0.2) is 24.4 Å². The summed E-state index contributed by atoms with van der Waals surface area (Å²) in [6.07, 6.45) is 11.4. The van der Waals surface area contributed by atoms with E-state index in [4.69, 9.17) is 9.72 Å². The molecule has 10 nitrogen and oxygen atoms in total. The van der Waals surface area contributed by atoms with Crippen LogP contribution in [0.2, 0.25) is 0 Å². The van der Waals surface area contributed by atoms with E-state index in [-0.39, 0.29) is 23.3 Å². The fraction of sp³-hybridized carbons (Fsp3) is 0.600. The molecule has 2 N–H and O–H groups in total. The van der Waals surface area contributed by atoms with Gasteiger partial charge >= 0.3 is 0 Å². The van der Waals surface area contributed by atoms with E-state index in [2.05, 4.69) is 32.5 Å². The van der Waals surface area contributed by atoms with Crippen LogP contribution in [-0.2, 0) is 4.79 Å². The van der Waals surface area contributed by atoms with Crippen LogP contribution in [0, 0.1) is 5.41 Å². The number of methoxy groups -OCH3 is 1. The zero-order valence-corrected chi connectivity index (χ0v) is 23.9. The first-order valence-corrected chi connectivity index (χ1v) is 14.7. The number of piperidine rings is 1. The third-order valence-corrected chi connectivity index (χ3v) is 9.25. The van der Waals surface area contributed by atoms with Crippen molar-refractivity contribution in [3.05, 3.63) is 30.0 Å². The van der Waals surface area contributed by atoms with Crippen molar-refractivity contribution in [1.82, 2.24) is 20.2 Å². The molecule has 3 heterocycles. The summed E-state index contributed by atoms with van der Waals surface area (Å²) >= 11 is 0. The molecule has 0 radical (unpaired) electrons. The van der Waals surface area contributed by atoms with Crippen LogP contribution in [0.5, 0.6) is 5.75 Å². The molecule has 1 aromatic heterocycles. The molecule has 10 heteroatoms. The number of aromatic nitrogens is 2. The summed E-state index contributed by atoms with van der Waals surface area (Å²) in [6.45, 7) is 2.69. The average molecular weight is 548 g/mol. The second-order valence-corrected chi connectivity index (χ2v) is 12.1. The van der Waals surface area contributed by atoms with E-state index in [0.29, 0.717) is 35.5 Å². The zero-order valence-electron chi connectivity index (χ0n) is 23.9. The van der Waals surface area contributed by atoms with Gasteiger partial charge in [-0.3, -0.25) is 9.59 Å². The number of carbonyl (C=O) groups is 2. The Kier molecular flexibility index (Phi) is 7.29. The summed E-state index contributed by atoms with van der Waals surface area (Å²) in [4.78, 5) is 42.4. The molecular weight excluding hydrogens is 506 g/mol. The number of nitrogens with one attached hydrogen (secondary N) is 2. The summed E-state index contributed by atoms with van der Waals surface area (Å²) < 4.78 is 5.66. The Balaban J connectivity index is 1.24. The molecule has 40 heavy (non-hydrogen) atoms. The van der Waals surface area contributed by atoms with Crippen LogP contribution in [0.3, 0.4) is 0 Å². The van der Waals surface area contributed by atoms with Crippen molar-refractivity contribution >= 4 is 35.0 Å². The van der Waals surface area contributed by atoms with E-state index in [1.807, 2.05) is 13.1 Å². The molecule has 2 amide bonds. The monoisotopic (exact) mass is 547 g/mol. The van der Waals surface area contributed by atoms with E-state index >= 15 is 0 Å². The highest BCUT2D eigenvalue weighted by Gasteiger charge is 2.55. The Morgan fingerprint density at radius 1 is 1.07 bits per heavy atom. The minimum absolute atomic E-state index is 0.0921. The number of anilines is 4. The van der Waals surface area contributed by atoms with Gasteiger partial charge in [-0.15, -0.1) is 0 Å². The molecule has 2 aromatic rings. The fourth-order valence-electron chi connectivity index (χ4n) is 6.50. The quantitative estimate of drug-likeness (QED) is 0.561. The smallest absolute Gasteiger partial charge is 0.251 e. The van der Waals surface area contributed by atoms with E-state index < -0.39 is 0 Å². The highest BCUT2D eigenvalue weighted by atomic mass is 16.5. The van der Waals surface area contributed by atoms with Crippen LogP contribution in [0.25, 0.3) is 0 Å². The predicted molar refractivity (Wildman–Crippen MR) is 156 cm³/mol. The van der Waals surface area contributed by atoms with E-state index in [1.54, 1.807) is 30.3 Å². The van der Waals surface area contributed by atoms with Crippen molar-refractivity contribution in [2.45, 2.75) is 69.9 Å². The SMILES string of the molecule is COc1cc(C(=O)NC2CCN(C)CC2)ccc1Nc1ncc2c(n1)N(C1CCCCC1)CC1(CC1)C(=O)N2C. The number of likely N-dealkylation sites (tertiary alicyclic amines) is 1. The molecule has 1 spiro atoms. The number of hydrogen-bond acceptors (Lipinski definition) is 8. The molecule has 4 aliphatic rings. The molecule has 1 aromatic carbocycles. The van der Waals surface area contributed by atoms with Crippen molar-refractivity contribution in [1.29, 1.82) is 0 Å². The molecule has 2 aliphatic heterocycles. The van der Waals surface area contributed by atoms with Gasteiger partial charge in [0.1, 0.15) is 11.4 Å². The first-order valence-electron chi connectivity index (χ1n) is 14.7. The normalized spacial score (nSPS) is 21.6. The second kappa shape index (κ2) is 10.9. The number of amides is 2. The predicted octanol–water partition coefficient (Wildman–Crippen LogP) is 3.95. The summed E-state index contributed by atoms with van der Waals surface area (Å²) in [5.74, 6) is 1.88. The fourth-order valence-corrected chi connectivity index (χ4v) is 6.50. The van der Waals surface area contributed by atoms with Crippen molar-refractivity contribution < 1.29 is 14.3 Å². The Morgan fingerprint density at radius 3 is 2.52 bits per heavy atom. The van der Waals surface area contributed by atoms with Gasteiger partial charge in [-0.05, 0) is 76.9 Å². The number of rotatable bonds is 6. The van der Waals surface area contributed by atoms with Gasteiger partial charge in [0.05, 0.1) is 24.4 Å². The lowest BCUT2D eigenvalue weighted by molar-refractivity contribution is -0.123. The van der Waals surface area contributed by atoms with Gasteiger partial charge in [-0.25, -0.2) is 4.98 Å². The summed E-state index contributed by atoms with van der Waals surface area (Å²) in [5, 5.41) is 6.49. The number of nitrogens with zero attached hydrogens (tertiary/aromatic N) is 5. The minimum Gasteiger partial charge on any atom is -0.495 e. The number of benzene rings is 1. The minimum atomic E-state index is -0.298. The van der Waals surface area contributed by atoms with Crippen LogP contribution in [0.4, 0.5) is 23.1 Å². The largest absolute Gasteiger partial charge is 0.495 e. The molecular formula is C30H41N7O3. The maximum atomic E-state index is 13.4. The molecule has 6 rings (SSSR count). The molecule has 0 unspecified atom stereocenters. The summed E-state index contributed by atoms with van der Waals surface area (Å²) in [7, 11) is 5.55. The zero-order chi connectivity index (χ0) is 27.9. The molecule has 2 aliphatic carbocycles. The molecule has 0 bridgehead atoms. The molecule has 0 atom stereocenters. The second-order valence-electron chi connectivity index (χ2n) is 12.1. The lowest BCUT2D eigenvalue weighted by Gasteiger charge is -2.36. The Labute approximate surface area is 236 Å². The maximum absolute atomic E-state index is 13.4. The van der Waals surface area contributed by atoms with Crippen molar-refractivity contribution in [2.24, 2.45) is 5.41 Å². The van der Waals surface area contributed by atoms with Gasteiger partial charge in [0, 0.05) is 31.2 Å². The van der Waals surface area contributed by atoms with Gasteiger partial charge in [0.25, 0.3) is 5.91 Å². The van der Waals surface area contributed by atoms with Crippen LogP contribution in [0.1, 0.15) is 68.1 Å². The van der Waals surface area contributed by atoms with Gasteiger partial charge in [0.15, 0.2) is 5.82 Å². The van der Waals surface area contributed by atoms with Gasteiger partial charge in [-0.2, -0.15) is 4.98 Å².